The number of ketones is 1. The molecule has 3 N–H and O–H groups in total. The summed E-state index contributed by atoms with van der Waals surface area (Å²) in [7, 11) is 0. The second-order valence-electron chi connectivity index (χ2n) is 7.54. The summed E-state index contributed by atoms with van der Waals surface area (Å²) in [4.78, 5) is 24.4. The molecular weight excluding hydrogens is 344 g/mol. The third kappa shape index (κ3) is 5.19. The van der Waals surface area contributed by atoms with Gasteiger partial charge in [0.05, 0.1) is 29.6 Å². The molecule has 1 aromatic carbocycles. The molecule has 0 aromatic heterocycles. The first-order valence-corrected chi connectivity index (χ1v) is 9.77. The van der Waals surface area contributed by atoms with Crippen LogP contribution in [-0.2, 0) is 16.0 Å². The van der Waals surface area contributed by atoms with Gasteiger partial charge in [0.1, 0.15) is 5.78 Å². The number of aliphatic carboxylic acids is 1. The lowest BCUT2D eigenvalue weighted by atomic mass is 9.69. The fraction of sp³-hybridized carbons (Fsp3) is 0.545. The van der Waals surface area contributed by atoms with Gasteiger partial charge in [-0.15, -0.1) is 0 Å². The summed E-state index contributed by atoms with van der Waals surface area (Å²) >= 11 is 0. The van der Waals surface area contributed by atoms with Crippen LogP contribution in [0.3, 0.4) is 0 Å². The Hall–Kier alpha value is -2.14. The van der Waals surface area contributed by atoms with Gasteiger partial charge in [0.25, 0.3) is 0 Å². The van der Waals surface area contributed by atoms with Crippen LogP contribution in [0.15, 0.2) is 42.2 Å². The van der Waals surface area contributed by atoms with Gasteiger partial charge in [0, 0.05) is 6.42 Å². The van der Waals surface area contributed by atoms with Gasteiger partial charge in [-0.3, -0.25) is 9.59 Å². The quantitative estimate of drug-likeness (QED) is 0.424. The minimum atomic E-state index is -1.32. The third-order valence-corrected chi connectivity index (χ3v) is 5.49. The first-order valence-electron chi connectivity index (χ1n) is 9.77. The molecule has 1 aliphatic rings. The van der Waals surface area contributed by atoms with Crippen molar-refractivity contribution >= 4 is 11.8 Å². The van der Waals surface area contributed by atoms with E-state index in [9.17, 15) is 24.9 Å². The molecule has 1 saturated carbocycles. The number of carboxylic acids is 1. The number of Topliss-reactive ketones (excluding diaryl/α,β-unsaturated/α-hetero) is 1. The van der Waals surface area contributed by atoms with E-state index in [1.807, 2.05) is 30.3 Å². The first-order chi connectivity index (χ1) is 12.9. The number of carboxylic acid groups (broad SMARTS) is 1. The lowest BCUT2D eigenvalue weighted by Crippen LogP contribution is -2.40. The molecule has 2 rings (SSSR count). The number of rotatable bonds is 10. The standard InChI is InChI=1S/C22H30O5/c1-2-3-4-5-9-12-17(23)21-18(24)13-19(25)22(21,15-20(26)27)14-16-10-7-6-8-11-16/h6-8,10-12,18,21,23-24H,2-5,9,13-15H2,1H3,(H,26,27)/t18-,21+,22+/m1/s1. The number of carbonyl (C=O) groups is 2. The summed E-state index contributed by atoms with van der Waals surface area (Å²) in [6, 6.07) is 9.19. The van der Waals surface area contributed by atoms with Crippen molar-refractivity contribution in [1.82, 2.24) is 0 Å². The van der Waals surface area contributed by atoms with Crippen LogP contribution in [0.1, 0.15) is 57.4 Å². The minimum Gasteiger partial charge on any atom is -0.512 e. The van der Waals surface area contributed by atoms with Crippen molar-refractivity contribution in [2.45, 2.75) is 64.4 Å². The zero-order chi connectivity index (χ0) is 19.9. The van der Waals surface area contributed by atoms with Crippen LogP contribution in [0.5, 0.6) is 0 Å². The topological polar surface area (TPSA) is 94.8 Å². The van der Waals surface area contributed by atoms with Gasteiger partial charge >= 0.3 is 5.97 Å². The SMILES string of the molecule is CCCCCCC=C(O)[C@H]1[C@H](O)CC(=O)[C@@]1(CC(=O)O)Cc1ccccc1. The number of unbranched alkanes of at least 4 members (excludes halogenated alkanes) is 4. The summed E-state index contributed by atoms with van der Waals surface area (Å²) in [6.45, 7) is 2.12. The van der Waals surface area contributed by atoms with Crippen LogP contribution in [0.4, 0.5) is 0 Å². The van der Waals surface area contributed by atoms with Crippen molar-refractivity contribution in [3.8, 4) is 0 Å². The van der Waals surface area contributed by atoms with Gasteiger partial charge in [-0.05, 0) is 30.9 Å². The number of hydrogen-bond acceptors (Lipinski definition) is 4. The van der Waals surface area contributed by atoms with Gasteiger partial charge in [0.15, 0.2) is 0 Å². The molecule has 0 saturated heterocycles. The van der Waals surface area contributed by atoms with E-state index in [4.69, 9.17) is 0 Å². The normalized spacial score (nSPS) is 25.7. The van der Waals surface area contributed by atoms with E-state index < -0.39 is 29.8 Å². The largest absolute Gasteiger partial charge is 0.512 e. The average molecular weight is 374 g/mol. The van der Waals surface area contributed by atoms with E-state index in [1.54, 1.807) is 6.08 Å². The Morgan fingerprint density at radius 1 is 1.19 bits per heavy atom. The molecule has 5 nitrogen and oxygen atoms in total. The molecule has 0 heterocycles. The Balaban J connectivity index is 2.30. The number of benzene rings is 1. The van der Waals surface area contributed by atoms with Gasteiger partial charge in [0.2, 0.25) is 0 Å². The molecule has 1 fully saturated rings. The number of hydrogen-bond donors (Lipinski definition) is 3. The molecule has 0 aliphatic heterocycles. The zero-order valence-electron chi connectivity index (χ0n) is 15.9. The van der Waals surface area contributed by atoms with E-state index in [1.165, 1.54) is 0 Å². The maximum atomic E-state index is 12.8. The Morgan fingerprint density at radius 2 is 1.89 bits per heavy atom. The van der Waals surface area contributed by atoms with Gasteiger partial charge in [-0.1, -0.05) is 56.5 Å². The summed E-state index contributed by atoms with van der Waals surface area (Å²) in [5.74, 6) is -2.33. The van der Waals surface area contributed by atoms with Crippen LogP contribution in [0.2, 0.25) is 0 Å². The number of allylic oxidation sites excluding steroid dienone is 1. The second kappa shape index (κ2) is 9.70. The third-order valence-electron chi connectivity index (χ3n) is 5.49. The van der Waals surface area contributed by atoms with E-state index in [0.29, 0.717) is 6.42 Å². The first kappa shape index (κ1) is 21.2. The Morgan fingerprint density at radius 3 is 2.52 bits per heavy atom. The summed E-state index contributed by atoms with van der Waals surface area (Å²) in [5, 5.41) is 30.6. The van der Waals surface area contributed by atoms with E-state index >= 15 is 0 Å². The molecule has 0 bridgehead atoms. The van der Waals surface area contributed by atoms with Crippen LogP contribution in [0.25, 0.3) is 0 Å². The molecule has 0 radical (unpaired) electrons. The molecule has 1 aromatic rings. The highest BCUT2D eigenvalue weighted by molar-refractivity contribution is 5.92. The van der Waals surface area contributed by atoms with Crippen molar-refractivity contribution in [1.29, 1.82) is 0 Å². The molecule has 5 heteroatoms. The monoisotopic (exact) mass is 374 g/mol. The Kier molecular flexibility index (Phi) is 7.60. The zero-order valence-corrected chi connectivity index (χ0v) is 15.9. The van der Waals surface area contributed by atoms with Crippen molar-refractivity contribution < 1.29 is 24.9 Å². The highest BCUT2D eigenvalue weighted by Crippen LogP contribution is 2.49. The molecule has 1 aliphatic carbocycles. The second-order valence-corrected chi connectivity index (χ2v) is 7.54. The van der Waals surface area contributed by atoms with Gasteiger partial charge in [-0.2, -0.15) is 0 Å². The Labute approximate surface area is 160 Å². The average Bonchev–Trinajstić information content (AvgIpc) is 2.84. The van der Waals surface area contributed by atoms with E-state index in [-0.39, 0.29) is 24.4 Å². The maximum absolute atomic E-state index is 12.8. The van der Waals surface area contributed by atoms with Crippen LogP contribution in [-0.4, -0.2) is 33.2 Å². The lowest BCUT2D eigenvalue weighted by Gasteiger charge is -2.33. The van der Waals surface area contributed by atoms with Crippen molar-refractivity contribution in [3.63, 3.8) is 0 Å². The highest BCUT2D eigenvalue weighted by atomic mass is 16.4. The van der Waals surface area contributed by atoms with E-state index in [0.717, 1.165) is 31.2 Å². The van der Waals surface area contributed by atoms with Crippen molar-refractivity contribution in [2.75, 3.05) is 0 Å². The molecule has 0 unspecified atom stereocenters. The van der Waals surface area contributed by atoms with Crippen LogP contribution < -0.4 is 0 Å². The van der Waals surface area contributed by atoms with Gasteiger partial charge < -0.3 is 15.3 Å². The fourth-order valence-electron chi connectivity index (χ4n) is 4.19. The molecule has 3 atom stereocenters. The van der Waals surface area contributed by atoms with Gasteiger partial charge in [-0.25, -0.2) is 0 Å². The summed E-state index contributed by atoms with van der Waals surface area (Å²) in [5.41, 5.74) is -0.502. The molecule has 148 valence electrons. The smallest absolute Gasteiger partial charge is 0.304 e. The minimum absolute atomic E-state index is 0.0537. The summed E-state index contributed by atoms with van der Waals surface area (Å²) in [6.07, 6.45) is 5.11. The van der Waals surface area contributed by atoms with Crippen molar-refractivity contribution in [3.05, 3.63) is 47.7 Å². The lowest BCUT2D eigenvalue weighted by molar-refractivity contribution is -0.145. The maximum Gasteiger partial charge on any atom is 0.304 e. The van der Waals surface area contributed by atoms with Crippen LogP contribution in [0, 0.1) is 11.3 Å². The van der Waals surface area contributed by atoms with Crippen LogP contribution >= 0.6 is 0 Å². The predicted molar refractivity (Wildman–Crippen MR) is 103 cm³/mol. The number of aliphatic hydroxyl groups is 2. The molecule has 0 amide bonds. The van der Waals surface area contributed by atoms with E-state index in [2.05, 4.69) is 6.92 Å². The highest BCUT2D eigenvalue weighted by Gasteiger charge is 2.57. The Bertz CT molecular complexity index is 667. The van der Waals surface area contributed by atoms with Crippen molar-refractivity contribution in [2.24, 2.45) is 11.3 Å². The molecule has 27 heavy (non-hydrogen) atoms. The molecular formula is C22H30O5. The number of aliphatic hydroxyl groups excluding tert-OH is 2. The number of carbonyl (C=O) groups excluding carboxylic acids is 1. The summed E-state index contributed by atoms with van der Waals surface area (Å²) < 4.78 is 0. The molecule has 0 spiro atoms. The fourth-order valence-corrected chi connectivity index (χ4v) is 4.19. The predicted octanol–water partition coefficient (Wildman–Crippen LogP) is 4.05.